The summed E-state index contributed by atoms with van der Waals surface area (Å²) in [7, 11) is 0. The molecule has 1 heterocycles. The molecule has 0 bridgehead atoms. The number of carbonyl (C=O) groups excluding carboxylic acids is 1. The number of benzene rings is 2. The highest BCUT2D eigenvalue weighted by Crippen LogP contribution is 2.15. The molecule has 3 aromatic rings. The third-order valence-corrected chi connectivity index (χ3v) is 3.56. The Hall–Kier alpha value is -2.88. The minimum absolute atomic E-state index is 0.154. The van der Waals surface area contributed by atoms with Crippen molar-refractivity contribution in [2.75, 3.05) is 0 Å². The Morgan fingerprint density at radius 2 is 1.48 bits per heavy atom. The lowest BCUT2D eigenvalue weighted by atomic mass is 10.1. The van der Waals surface area contributed by atoms with Crippen LogP contribution in [-0.2, 0) is 13.1 Å². The van der Waals surface area contributed by atoms with Crippen molar-refractivity contribution in [2.45, 2.75) is 20.0 Å². The second-order valence-electron chi connectivity index (χ2n) is 5.46. The molecule has 0 unspecified atom stereocenters. The molecule has 0 aliphatic heterocycles. The average molecular weight is 306 g/mol. The Bertz CT molecular complexity index is 725. The van der Waals surface area contributed by atoms with E-state index in [-0.39, 0.29) is 11.7 Å². The Morgan fingerprint density at radius 3 is 1.91 bits per heavy atom. The largest absolute Gasteiger partial charge is 0.351 e. The van der Waals surface area contributed by atoms with Crippen LogP contribution in [0.25, 0.3) is 0 Å². The van der Waals surface area contributed by atoms with Gasteiger partial charge in [0, 0.05) is 19.2 Å². The van der Waals surface area contributed by atoms with Crippen LogP contribution in [0, 0.1) is 6.92 Å². The van der Waals surface area contributed by atoms with Gasteiger partial charge in [-0.2, -0.15) is 0 Å². The van der Waals surface area contributed by atoms with E-state index < -0.39 is 0 Å². The minimum Gasteiger partial charge on any atom is -0.351 e. The number of carbonyl (C=O) groups is 1. The monoisotopic (exact) mass is 306 g/mol. The van der Waals surface area contributed by atoms with Crippen LogP contribution < -0.4 is 0 Å². The molecule has 0 fully saturated rings. The zero-order chi connectivity index (χ0) is 16.1. The van der Waals surface area contributed by atoms with Crippen LogP contribution >= 0.6 is 0 Å². The van der Waals surface area contributed by atoms with Gasteiger partial charge in [-0.15, -0.1) is 0 Å². The Morgan fingerprint density at radius 1 is 0.957 bits per heavy atom. The van der Waals surface area contributed by atoms with E-state index in [1.807, 2.05) is 60.7 Å². The maximum absolute atomic E-state index is 12.8. The van der Waals surface area contributed by atoms with E-state index in [0.717, 1.165) is 11.1 Å². The third kappa shape index (κ3) is 3.86. The topological polar surface area (TPSA) is 46.3 Å². The molecule has 0 radical (unpaired) electrons. The Kier molecular flexibility index (Phi) is 4.52. The zero-order valence-electron chi connectivity index (χ0n) is 13.0. The number of hydrogen-bond acceptors (Lipinski definition) is 3. The summed E-state index contributed by atoms with van der Waals surface area (Å²) in [6, 6.07) is 21.5. The van der Waals surface area contributed by atoms with Gasteiger partial charge in [0.1, 0.15) is 0 Å². The first-order valence-electron chi connectivity index (χ1n) is 7.53. The first-order valence-corrected chi connectivity index (χ1v) is 7.53. The van der Waals surface area contributed by atoms with Gasteiger partial charge in [-0.05, 0) is 18.1 Å². The van der Waals surface area contributed by atoms with Crippen LogP contribution in [0.1, 0.15) is 27.4 Å². The average Bonchev–Trinajstić information content (AvgIpc) is 3.02. The standard InChI is InChI=1S/C19H18N2O2/c1-15-12-18(23-20-15)19(22)21(13-16-8-4-2-5-9-16)14-17-10-6-3-7-11-17/h2-12H,13-14H2,1H3. The lowest BCUT2D eigenvalue weighted by Gasteiger charge is -2.21. The van der Waals surface area contributed by atoms with Crippen molar-refractivity contribution in [3.8, 4) is 0 Å². The fraction of sp³-hybridized carbons (Fsp3) is 0.158. The van der Waals surface area contributed by atoms with Gasteiger partial charge in [0.05, 0.1) is 5.69 Å². The molecule has 1 amide bonds. The second kappa shape index (κ2) is 6.92. The van der Waals surface area contributed by atoms with Gasteiger partial charge in [0.15, 0.2) is 0 Å². The summed E-state index contributed by atoms with van der Waals surface area (Å²) in [6.45, 7) is 2.85. The van der Waals surface area contributed by atoms with Gasteiger partial charge in [-0.1, -0.05) is 65.8 Å². The van der Waals surface area contributed by atoms with Crippen molar-refractivity contribution in [3.05, 3.63) is 89.3 Å². The number of aromatic nitrogens is 1. The molecule has 4 nitrogen and oxygen atoms in total. The summed E-state index contributed by atoms with van der Waals surface area (Å²) in [5.74, 6) is 0.118. The van der Waals surface area contributed by atoms with E-state index in [1.165, 1.54) is 0 Å². The van der Waals surface area contributed by atoms with Gasteiger partial charge in [0.25, 0.3) is 5.91 Å². The predicted octanol–water partition coefficient (Wildman–Crippen LogP) is 3.83. The van der Waals surface area contributed by atoms with Gasteiger partial charge >= 0.3 is 0 Å². The first-order chi connectivity index (χ1) is 11.2. The van der Waals surface area contributed by atoms with Crippen molar-refractivity contribution in [2.24, 2.45) is 0 Å². The molecular formula is C19H18N2O2. The van der Waals surface area contributed by atoms with Crippen LogP contribution in [-0.4, -0.2) is 16.0 Å². The third-order valence-electron chi connectivity index (χ3n) is 3.56. The highest BCUT2D eigenvalue weighted by molar-refractivity contribution is 5.91. The molecule has 116 valence electrons. The molecule has 0 aliphatic rings. The van der Waals surface area contributed by atoms with Crippen LogP contribution in [0.5, 0.6) is 0 Å². The number of hydrogen-bond donors (Lipinski definition) is 0. The molecule has 0 saturated heterocycles. The van der Waals surface area contributed by atoms with Gasteiger partial charge < -0.3 is 9.42 Å². The molecular weight excluding hydrogens is 288 g/mol. The van der Waals surface area contributed by atoms with Crippen molar-refractivity contribution in [1.29, 1.82) is 0 Å². The second-order valence-corrected chi connectivity index (χ2v) is 5.46. The fourth-order valence-electron chi connectivity index (χ4n) is 2.43. The van der Waals surface area contributed by atoms with Crippen molar-refractivity contribution in [1.82, 2.24) is 10.1 Å². The van der Waals surface area contributed by atoms with Crippen LogP contribution in [0.4, 0.5) is 0 Å². The van der Waals surface area contributed by atoms with E-state index in [1.54, 1.807) is 17.9 Å². The lowest BCUT2D eigenvalue weighted by molar-refractivity contribution is 0.0687. The molecule has 4 heteroatoms. The number of aryl methyl sites for hydroxylation is 1. The predicted molar refractivity (Wildman–Crippen MR) is 87.7 cm³/mol. The van der Waals surface area contributed by atoms with E-state index in [0.29, 0.717) is 18.8 Å². The highest BCUT2D eigenvalue weighted by Gasteiger charge is 2.20. The SMILES string of the molecule is Cc1cc(C(=O)N(Cc2ccccc2)Cc2ccccc2)on1. The molecule has 0 aliphatic carbocycles. The molecule has 1 aromatic heterocycles. The fourth-order valence-corrected chi connectivity index (χ4v) is 2.43. The zero-order valence-corrected chi connectivity index (χ0v) is 13.0. The van der Waals surface area contributed by atoms with Crippen LogP contribution in [0.2, 0.25) is 0 Å². The van der Waals surface area contributed by atoms with Gasteiger partial charge in [0.2, 0.25) is 5.76 Å². The quantitative estimate of drug-likeness (QED) is 0.720. The number of amides is 1. The molecule has 0 atom stereocenters. The summed E-state index contributed by atoms with van der Waals surface area (Å²) in [6.07, 6.45) is 0. The van der Waals surface area contributed by atoms with Crippen molar-refractivity contribution in [3.63, 3.8) is 0 Å². The van der Waals surface area contributed by atoms with E-state index in [4.69, 9.17) is 4.52 Å². The summed E-state index contributed by atoms with van der Waals surface area (Å²) in [4.78, 5) is 14.5. The molecule has 0 N–H and O–H groups in total. The normalized spacial score (nSPS) is 10.5. The van der Waals surface area contributed by atoms with Gasteiger partial charge in [-0.3, -0.25) is 4.79 Å². The summed E-state index contributed by atoms with van der Waals surface area (Å²) < 4.78 is 5.14. The van der Waals surface area contributed by atoms with Gasteiger partial charge in [-0.25, -0.2) is 0 Å². The Labute approximate surface area is 135 Å². The Balaban J connectivity index is 1.84. The summed E-state index contributed by atoms with van der Waals surface area (Å²) >= 11 is 0. The van der Waals surface area contributed by atoms with Crippen LogP contribution in [0.3, 0.4) is 0 Å². The van der Waals surface area contributed by atoms with E-state index in [9.17, 15) is 4.79 Å². The summed E-state index contributed by atoms with van der Waals surface area (Å²) in [5.41, 5.74) is 2.86. The minimum atomic E-state index is -0.154. The summed E-state index contributed by atoms with van der Waals surface area (Å²) in [5, 5.41) is 3.81. The first kappa shape index (κ1) is 15.0. The van der Waals surface area contributed by atoms with E-state index in [2.05, 4.69) is 5.16 Å². The van der Waals surface area contributed by atoms with Crippen molar-refractivity contribution < 1.29 is 9.32 Å². The maximum atomic E-state index is 12.8. The smallest absolute Gasteiger partial charge is 0.293 e. The molecule has 0 saturated carbocycles. The molecule has 2 aromatic carbocycles. The number of rotatable bonds is 5. The molecule has 23 heavy (non-hydrogen) atoms. The van der Waals surface area contributed by atoms with E-state index >= 15 is 0 Å². The molecule has 3 rings (SSSR count). The number of nitrogens with zero attached hydrogens (tertiary/aromatic N) is 2. The van der Waals surface area contributed by atoms with Crippen LogP contribution in [0.15, 0.2) is 71.3 Å². The maximum Gasteiger partial charge on any atom is 0.293 e. The van der Waals surface area contributed by atoms with Crippen molar-refractivity contribution >= 4 is 5.91 Å². The molecule has 0 spiro atoms. The lowest BCUT2D eigenvalue weighted by Crippen LogP contribution is -2.29. The highest BCUT2D eigenvalue weighted by atomic mass is 16.5.